The Hall–Kier alpha value is -1.95. The van der Waals surface area contributed by atoms with Crippen molar-refractivity contribution < 1.29 is 9.59 Å². The van der Waals surface area contributed by atoms with Gasteiger partial charge < -0.3 is 0 Å². The Balaban J connectivity index is 1.97. The van der Waals surface area contributed by atoms with Crippen LogP contribution >= 0.6 is 15.9 Å². The number of imide groups is 1. The maximum absolute atomic E-state index is 12.7. The molecule has 0 radical (unpaired) electrons. The van der Waals surface area contributed by atoms with Gasteiger partial charge in [0.05, 0.1) is 17.8 Å². The fourth-order valence-corrected chi connectivity index (χ4v) is 2.98. The Labute approximate surface area is 137 Å². The van der Waals surface area contributed by atoms with E-state index in [2.05, 4.69) is 21.0 Å². The Morgan fingerprint density at radius 1 is 1.14 bits per heavy atom. The summed E-state index contributed by atoms with van der Waals surface area (Å²) in [4.78, 5) is 26.3. The molecule has 0 bridgehead atoms. The van der Waals surface area contributed by atoms with Crippen molar-refractivity contribution in [3.8, 4) is 0 Å². The van der Waals surface area contributed by atoms with Crippen molar-refractivity contribution in [3.63, 3.8) is 0 Å². The topological polar surface area (TPSA) is 55.2 Å². The highest BCUT2D eigenvalue weighted by molar-refractivity contribution is 9.10. The van der Waals surface area contributed by atoms with Crippen LogP contribution in [0.25, 0.3) is 0 Å². The molecule has 3 rings (SSSR count). The number of carbonyl (C=O) groups excluding carboxylic acids is 2. The number of benzene rings is 1. The van der Waals surface area contributed by atoms with E-state index in [1.165, 1.54) is 4.90 Å². The lowest BCUT2D eigenvalue weighted by Crippen LogP contribution is -2.31. The first kappa shape index (κ1) is 15.0. The van der Waals surface area contributed by atoms with Crippen LogP contribution in [0.3, 0.4) is 0 Å². The molecule has 1 aliphatic rings. The van der Waals surface area contributed by atoms with E-state index in [0.717, 1.165) is 21.4 Å². The molecule has 1 aromatic heterocycles. The van der Waals surface area contributed by atoms with Gasteiger partial charge in [-0.1, -0.05) is 15.9 Å². The molecule has 22 heavy (non-hydrogen) atoms. The SMILES string of the molecule is Cc1nn([C@@H]2CC(=O)N(c3ccc(Br)cc3)C2=O)c(C)c1C. The zero-order chi connectivity index (χ0) is 16.0. The molecule has 0 aliphatic carbocycles. The number of aromatic nitrogens is 2. The number of anilines is 1. The number of hydrogen-bond donors (Lipinski definition) is 0. The minimum atomic E-state index is -0.552. The van der Waals surface area contributed by atoms with Crippen LogP contribution < -0.4 is 4.90 Å². The molecule has 114 valence electrons. The lowest BCUT2D eigenvalue weighted by Gasteiger charge is -2.16. The van der Waals surface area contributed by atoms with Crippen LogP contribution in [0.1, 0.15) is 29.4 Å². The summed E-state index contributed by atoms with van der Waals surface area (Å²) in [7, 11) is 0. The van der Waals surface area contributed by atoms with Gasteiger partial charge in [-0.25, -0.2) is 4.90 Å². The highest BCUT2D eigenvalue weighted by atomic mass is 79.9. The number of hydrogen-bond acceptors (Lipinski definition) is 3. The van der Waals surface area contributed by atoms with Crippen LogP contribution in [0, 0.1) is 20.8 Å². The zero-order valence-corrected chi connectivity index (χ0v) is 14.2. The zero-order valence-electron chi connectivity index (χ0n) is 12.6. The first-order valence-corrected chi connectivity index (χ1v) is 7.84. The second kappa shape index (κ2) is 5.35. The summed E-state index contributed by atoms with van der Waals surface area (Å²) in [5.74, 6) is -0.416. The summed E-state index contributed by atoms with van der Waals surface area (Å²) in [6.07, 6.45) is 0.149. The number of halogens is 1. The van der Waals surface area contributed by atoms with Gasteiger partial charge in [-0.05, 0) is 50.6 Å². The predicted molar refractivity (Wildman–Crippen MR) is 86.7 cm³/mol. The number of nitrogens with zero attached hydrogens (tertiary/aromatic N) is 3. The average molecular weight is 362 g/mol. The molecule has 5 nitrogen and oxygen atoms in total. The molecule has 6 heteroatoms. The molecule has 0 saturated carbocycles. The number of aryl methyl sites for hydroxylation is 1. The van der Waals surface area contributed by atoms with E-state index in [-0.39, 0.29) is 18.2 Å². The fraction of sp³-hybridized carbons (Fsp3) is 0.312. The third-order valence-electron chi connectivity index (χ3n) is 4.19. The highest BCUT2D eigenvalue weighted by Gasteiger charge is 2.41. The van der Waals surface area contributed by atoms with Crippen LogP contribution in [0.2, 0.25) is 0 Å². The van der Waals surface area contributed by atoms with Crippen LogP contribution in [-0.4, -0.2) is 21.6 Å². The molecule has 2 aromatic rings. The summed E-state index contributed by atoms with van der Waals surface area (Å²) in [6, 6.07) is 6.60. The molecule has 0 spiro atoms. The maximum Gasteiger partial charge on any atom is 0.259 e. The molecule has 1 aliphatic heterocycles. The number of amides is 2. The minimum absolute atomic E-state index is 0.149. The quantitative estimate of drug-likeness (QED) is 0.772. The molecule has 1 fully saturated rings. The van der Waals surface area contributed by atoms with Gasteiger partial charge in [0.2, 0.25) is 5.91 Å². The van der Waals surface area contributed by atoms with Crippen LogP contribution in [0.5, 0.6) is 0 Å². The fourth-order valence-electron chi connectivity index (χ4n) is 2.72. The normalized spacial score (nSPS) is 18.4. The smallest absolute Gasteiger partial charge is 0.259 e. The van der Waals surface area contributed by atoms with Crippen molar-refractivity contribution >= 4 is 33.4 Å². The van der Waals surface area contributed by atoms with Gasteiger partial charge in [-0.3, -0.25) is 14.3 Å². The highest BCUT2D eigenvalue weighted by Crippen LogP contribution is 2.31. The maximum atomic E-state index is 12.7. The molecule has 1 aromatic carbocycles. The molecule has 1 saturated heterocycles. The summed E-state index contributed by atoms with van der Waals surface area (Å²) < 4.78 is 2.59. The van der Waals surface area contributed by atoms with E-state index in [1.54, 1.807) is 16.8 Å². The summed E-state index contributed by atoms with van der Waals surface area (Å²) in [5.41, 5.74) is 3.47. The van der Waals surface area contributed by atoms with Crippen LogP contribution in [0.4, 0.5) is 5.69 Å². The molecule has 1 atom stereocenters. The molecule has 2 amide bonds. The van der Waals surface area contributed by atoms with Crippen molar-refractivity contribution in [2.24, 2.45) is 0 Å². The third-order valence-corrected chi connectivity index (χ3v) is 4.72. The van der Waals surface area contributed by atoms with Crippen molar-refractivity contribution in [1.29, 1.82) is 0 Å². The Kier molecular flexibility index (Phi) is 3.64. The van der Waals surface area contributed by atoms with Crippen molar-refractivity contribution in [3.05, 3.63) is 45.7 Å². The van der Waals surface area contributed by atoms with Crippen molar-refractivity contribution in [2.45, 2.75) is 33.2 Å². The summed E-state index contributed by atoms with van der Waals surface area (Å²) in [6.45, 7) is 5.81. The summed E-state index contributed by atoms with van der Waals surface area (Å²) >= 11 is 3.35. The van der Waals surface area contributed by atoms with Crippen LogP contribution in [0.15, 0.2) is 28.7 Å². The first-order chi connectivity index (χ1) is 10.4. The lowest BCUT2D eigenvalue weighted by molar-refractivity contribution is -0.122. The number of rotatable bonds is 2. The second-order valence-electron chi connectivity index (χ2n) is 5.50. The minimum Gasteiger partial charge on any atom is -0.274 e. The lowest BCUT2D eigenvalue weighted by atomic mass is 10.2. The largest absolute Gasteiger partial charge is 0.274 e. The van der Waals surface area contributed by atoms with Gasteiger partial charge in [0.15, 0.2) is 0 Å². The van der Waals surface area contributed by atoms with Crippen molar-refractivity contribution in [2.75, 3.05) is 4.90 Å². The average Bonchev–Trinajstić information content (AvgIpc) is 2.91. The van der Waals surface area contributed by atoms with E-state index in [1.807, 2.05) is 32.9 Å². The second-order valence-corrected chi connectivity index (χ2v) is 6.42. The van der Waals surface area contributed by atoms with Crippen molar-refractivity contribution in [1.82, 2.24) is 9.78 Å². The predicted octanol–water partition coefficient (Wildman–Crippen LogP) is 3.08. The third kappa shape index (κ3) is 2.27. The van der Waals surface area contributed by atoms with Gasteiger partial charge in [0.25, 0.3) is 5.91 Å². The van der Waals surface area contributed by atoms with Gasteiger partial charge in [-0.15, -0.1) is 0 Å². The van der Waals surface area contributed by atoms with E-state index >= 15 is 0 Å². The Morgan fingerprint density at radius 2 is 1.77 bits per heavy atom. The monoisotopic (exact) mass is 361 g/mol. The summed E-state index contributed by atoms with van der Waals surface area (Å²) in [5, 5.41) is 4.43. The standard InChI is InChI=1S/C16H16BrN3O2/c1-9-10(2)18-20(11(9)3)14-8-15(21)19(16(14)22)13-6-4-12(17)5-7-13/h4-7,14H,8H2,1-3H3/t14-/m1/s1. The van der Waals surface area contributed by atoms with Crippen LogP contribution in [-0.2, 0) is 9.59 Å². The molecular formula is C16H16BrN3O2. The van der Waals surface area contributed by atoms with E-state index in [9.17, 15) is 9.59 Å². The first-order valence-electron chi connectivity index (χ1n) is 7.05. The number of carbonyl (C=O) groups is 2. The Bertz CT molecular complexity index is 764. The molecular weight excluding hydrogens is 346 g/mol. The van der Waals surface area contributed by atoms with Gasteiger partial charge in [-0.2, -0.15) is 5.10 Å². The van der Waals surface area contributed by atoms with E-state index in [0.29, 0.717) is 5.69 Å². The van der Waals surface area contributed by atoms with Gasteiger partial charge in [0.1, 0.15) is 6.04 Å². The van der Waals surface area contributed by atoms with E-state index in [4.69, 9.17) is 0 Å². The molecule has 0 N–H and O–H groups in total. The molecule has 0 unspecified atom stereocenters. The van der Waals surface area contributed by atoms with E-state index < -0.39 is 6.04 Å². The molecule has 2 heterocycles. The van der Waals surface area contributed by atoms with Gasteiger partial charge >= 0.3 is 0 Å². The Morgan fingerprint density at radius 3 is 2.32 bits per heavy atom. The van der Waals surface area contributed by atoms with Gasteiger partial charge in [0, 0.05) is 10.2 Å².